The van der Waals surface area contributed by atoms with Crippen LogP contribution in [0, 0.1) is 0 Å². The molecule has 130 valence electrons. The van der Waals surface area contributed by atoms with Gasteiger partial charge in [0, 0.05) is 16.8 Å². The summed E-state index contributed by atoms with van der Waals surface area (Å²) in [5, 5.41) is 5.30. The van der Waals surface area contributed by atoms with Gasteiger partial charge < -0.3 is 9.64 Å². The summed E-state index contributed by atoms with van der Waals surface area (Å²) in [6.07, 6.45) is -4.59. The number of benzene rings is 1. The predicted octanol–water partition coefficient (Wildman–Crippen LogP) is 4.03. The summed E-state index contributed by atoms with van der Waals surface area (Å²) < 4.78 is 42.4. The van der Waals surface area contributed by atoms with Gasteiger partial charge in [0.1, 0.15) is 0 Å². The van der Waals surface area contributed by atoms with Gasteiger partial charge in [-0.05, 0) is 32.0 Å². The molecule has 2 rings (SSSR count). The summed E-state index contributed by atoms with van der Waals surface area (Å²) in [5.74, 6) is -0.434. The molecule has 24 heavy (non-hydrogen) atoms. The highest BCUT2D eigenvalue weighted by molar-refractivity contribution is 7.13. The number of alkyl halides is 3. The van der Waals surface area contributed by atoms with E-state index in [1.807, 2.05) is 0 Å². The van der Waals surface area contributed by atoms with E-state index in [4.69, 9.17) is 16.3 Å². The van der Waals surface area contributed by atoms with Gasteiger partial charge in [0.05, 0.1) is 0 Å². The molecule has 1 amide bonds. The van der Waals surface area contributed by atoms with Crippen molar-refractivity contribution in [1.82, 2.24) is 10.2 Å². The van der Waals surface area contributed by atoms with Gasteiger partial charge in [0.2, 0.25) is 5.01 Å². The van der Waals surface area contributed by atoms with Crippen molar-refractivity contribution in [2.75, 3.05) is 11.5 Å². The van der Waals surface area contributed by atoms with Crippen molar-refractivity contribution in [3.05, 3.63) is 34.3 Å². The van der Waals surface area contributed by atoms with Crippen LogP contribution in [0.25, 0.3) is 0 Å². The molecule has 5 nitrogen and oxygen atoms in total. The first kappa shape index (κ1) is 18.5. The van der Waals surface area contributed by atoms with Gasteiger partial charge in [-0.3, -0.25) is 4.79 Å². The molecule has 0 radical (unpaired) electrons. The zero-order valence-corrected chi connectivity index (χ0v) is 14.2. The minimum absolute atomic E-state index is 0.195. The lowest BCUT2D eigenvalue weighted by Gasteiger charge is -2.26. The fraction of sp³-hybridized carbons (Fsp3) is 0.357. The van der Waals surface area contributed by atoms with Gasteiger partial charge in [-0.15, -0.1) is 5.10 Å². The number of hydrogen-bond donors (Lipinski definition) is 0. The number of ether oxygens (including phenoxy) is 1. The first-order valence-corrected chi connectivity index (χ1v) is 7.99. The minimum atomic E-state index is -4.59. The third kappa shape index (κ3) is 4.57. The first-order chi connectivity index (χ1) is 11.2. The van der Waals surface area contributed by atoms with Crippen molar-refractivity contribution in [2.45, 2.75) is 26.1 Å². The molecule has 0 atom stereocenters. The number of amides is 1. The Morgan fingerprint density at radius 2 is 2.08 bits per heavy atom. The average Bonchev–Trinajstić information content (AvgIpc) is 2.94. The summed E-state index contributed by atoms with van der Waals surface area (Å²) in [6.45, 7) is 3.13. The summed E-state index contributed by atoms with van der Waals surface area (Å²) in [5.41, 5.74) is 0.569. The number of rotatable bonds is 5. The molecule has 0 N–H and O–H groups in total. The third-order valence-corrected chi connectivity index (χ3v) is 3.96. The normalized spacial score (nSPS) is 11.6. The molecule has 0 unspecified atom stereocenters. The molecule has 1 aromatic carbocycles. The molecule has 0 fully saturated rings. The highest BCUT2D eigenvalue weighted by atomic mass is 35.5. The fourth-order valence-electron chi connectivity index (χ4n) is 1.93. The Morgan fingerprint density at radius 1 is 1.38 bits per heavy atom. The molecular weight excluding hydrogens is 367 g/mol. The lowest BCUT2D eigenvalue weighted by atomic mass is 10.2. The van der Waals surface area contributed by atoms with Gasteiger partial charge in [-0.25, -0.2) is 0 Å². The smallest absolute Gasteiger partial charge is 0.445 e. The lowest BCUT2D eigenvalue weighted by Crippen LogP contribution is -2.40. The van der Waals surface area contributed by atoms with Gasteiger partial charge in [0.15, 0.2) is 6.61 Å². The largest absolute Gasteiger partial charge is 0.459 e. The zero-order chi connectivity index (χ0) is 17.9. The molecule has 1 aromatic heterocycles. The molecule has 0 spiro atoms. The molecule has 10 heteroatoms. The Bertz CT molecular complexity index is 721. The summed E-state index contributed by atoms with van der Waals surface area (Å²) >= 11 is 6.16. The van der Waals surface area contributed by atoms with Gasteiger partial charge in [-0.1, -0.05) is 34.1 Å². The van der Waals surface area contributed by atoms with Crippen LogP contribution in [0.5, 0.6) is 5.19 Å². The number of hydrogen-bond acceptors (Lipinski definition) is 5. The van der Waals surface area contributed by atoms with Crippen LogP contribution >= 0.6 is 22.9 Å². The minimum Gasteiger partial charge on any atom is -0.459 e. The van der Waals surface area contributed by atoms with Crippen LogP contribution in [0.4, 0.5) is 18.9 Å². The number of carbonyl (C=O) groups excluding carboxylic acids is 1. The Labute approximate surface area is 145 Å². The predicted molar refractivity (Wildman–Crippen MR) is 84.5 cm³/mol. The van der Waals surface area contributed by atoms with E-state index >= 15 is 0 Å². The van der Waals surface area contributed by atoms with Crippen molar-refractivity contribution in [3.63, 3.8) is 0 Å². The second kappa shape index (κ2) is 7.35. The van der Waals surface area contributed by atoms with E-state index in [-0.39, 0.29) is 22.6 Å². The second-order valence-corrected chi connectivity index (χ2v) is 6.37. The van der Waals surface area contributed by atoms with E-state index in [2.05, 4.69) is 10.2 Å². The Morgan fingerprint density at radius 3 is 2.62 bits per heavy atom. The number of nitrogens with zero attached hydrogens (tertiary/aromatic N) is 3. The molecule has 0 aliphatic carbocycles. The Kier molecular flexibility index (Phi) is 5.66. The van der Waals surface area contributed by atoms with Crippen molar-refractivity contribution in [3.8, 4) is 5.19 Å². The molecule has 0 aliphatic heterocycles. The fourth-order valence-corrected chi connectivity index (χ4v) is 2.68. The topological polar surface area (TPSA) is 55.3 Å². The highest BCUT2D eigenvalue weighted by Gasteiger charge is 2.36. The van der Waals surface area contributed by atoms with E-state index in [0.29, 0.717) is 10.7 Å². The van der Waals surface area contributed by atoms with Crippen LogP contribution in [-0.2, 0) is 11.0 Å². The van der Waals surface area contributed by atoms with Crippen molar-refractivity contribution in [2.24, 2.45) is 0 Å². The van der Waals surface area contributed by atoms with Crippen LogP contribution in [0.3, 0.4) is 0 Å². The van der Waals surface area contributed by atoms with Crippen molar-refractivity contribution < 1.29 is 22.7 Å². The Balaban J connectivity index is 2.08. The summed E-state index contributed by atoms with van der Waals surface area (Å²) in [4.78, 5) is 13.8. The molecule has 0 saturated heterocycles. The van der Waals surface area contributed by atoms with Crippen LogP contribution in [-0.4, -0.2) is 28.8 Å². The van der Waals surface area contributed by atoms with E-state index < -0.39 is 23.7 Å². The number of halogens is 4. The monoisotopic (exact) mass is 379 g/mol. The van der Waals surface area contributed by atoms with E-state index in [1.165, 1.54) is 4.90 Å². The van der Waals surface area contributed by atoms with Crippen molar-refractivity contribution >= 4 is 34.5 Å². The van der Waals surface area contributed by atoms with E-state index in [0.717, 1.165) is 0 Å². The molecule has 0 bridgehead atoms. The van der Waals surface area contributed by atoms with E-state index in [9.17, 15) is 18.0 Å². The van der Waals surface area contributed by atoms with Gasteiger partial charge in [-0.2, -0.15) is 13.2 Å². The van der Waals surface area contributed by atoms with Crippen LogP contribution in [0.2, 0.25) is 5.02 Å². The van der Waals surface area contributed by atoms with Gasteiger partial charge in [0.25, 0.3) is 11.1 Å². The molecule has 0 aliphatic rings. The average molecular weight is 380 g/mol. The number of anilines is 1. The molecule has 1 heterocycles. The molecule has 0 saturated carbocycles. The molecular formula is C14H13ClF3N3O2S. The second-order valence-electron chi connectivity index (χ2n) is 5.00. The van der Waals surface area contributed by atoms with Crippen LogP contribution in [0.15, 0.2) is 24.3 Å². The standard InChI is InChI=1S/C14H13ClF3N3O2S/c1-8(2)21(10-5-3-4-9(15)6-10)11(22)7-23-13-20-19-12(24-13)14(16,17)18/h3-6,8H,7H2,1-2H3. The summed E-state index contributed by atoms with van der Waals surface area (Å²) in [6, 6.07) is 6.49. The first-order valence-electron chi connectivity index (χ1n) is 6.79. The quantitative estimate of drug-likeness (QED) is 0.787. The highest BCUT2D eigenvalue weighted by Crippen LogP contribution is 2.33. The van der Waals surface area contributed by atoms with Crippen molar-refractivity contribution in [1.29, 1.82) is 0 Å². The molecule has 2 aromatic rings. The van der Waals surface area contributed by atoms with E-state index in [1.54, 1.807) is 38.1 Å². The van der Waals surface area contributed by atoms with Crippen LogP contribution in [0.1, 0.15) is 18.9 Å². The maximum atomic E-state index is 12.5. The third-order valence-electron chi connectivity index (χ3n) is 2.84. The maximum Gasteiger partial charge on any atom is 0.445 e. The zero-order valence-electron chi connectivity index (χ0n) is 12.7. The SMILES string of the molecule is CC(C)N(C(=O)COc1nnc(C(F)(F)F)s1)c1cccc(Cl)c1. The Hall–Kier alpha value is -1.87. The number of carbonyl (C=O) groups is 1. The maximum absolute atomic E-state index is 12.5. The lowest BCUT2D eigenvalue weighted by molar-refractivity contribution is -0.138. The van der Waals surface area contributed by atoms with Gasteiger partial charge >= 0.3 is 6.18 Å². The summed E-state index contributed by atoms with van der Waals surface area (Å²) in [7, 11) is 0. The van der Waals surface area contributed by atoms with Crippen LogP contribution < -0.4 is 9.64 Å². The number of aromatic nitrogens is 2.